The third-order valence-electron chi connectivity index (χ3n) is 3.72. The second-order valence-corrected chi connectivity index (χ2v) is 5.55. The van der Waals surface area contributed by atoms with Crippen LogP contribution >= 0.6 is 0 Å². The average molecular weight is 300 g/mol. The number of para-hydroxylation sites is 1. The van der Waals surface area contributed by atoms with Gasteiger partial charge in [0.05, 0.1) is 11.7 Å². The predicted octanol–water partition coefficient (Wildman–Crippen LogP) is 3.59. The standard InChI is InChI=1S/C18H21FN2O/c1-13-8-10-15(11-9-13)12-21(3)14(2)18(22)20-17-7-5-4-6-16(17)19/h4-11,14H,12H2,1-3H3,(H,20,22)/t14-/m0/s1. The molecule has 3 nitrogen and oxygen atoms in total. The van der Waals surface area contributed by atoms with Crippen molar-refractivity contribution in [2.75, 3.05) is 12.4 Å². The van der Waals surface area contributed by atoms with Crippen LogP contribution in [-0.2, 0) is 11.3 Å². The zero-order valence-corrected chi connectivity index (χ0v) is 13.1. The Kier molecular flexibility index (Phi) is 5.28. The summed E-state index contributed by atoms with van der Waals surface area (Å²) in [6.45, 7) is 4.51. The summed E-state index contributed by atoms with van der Waals surface area (Å²) in [5.74, 6) is -0.649. The van der Waals surface area contributed by atoms with Crippen molar-refractivity contribution in [2.24, 2.45) is 0 Å². The minimum absolute atomic E-state index is 0.211. The van der Waals surface area contributed by atoms with E-state index < -0.39 is 5.82 Å². The van der Waals surface area contributed by atoms with Gasteiger partial charge >= 0.3 is 0 Å². The van der Waals surface area contributed by atoms with Crippen LogP contribution in [0.25, 0.3) is 0 Å². The van der Waals surface area contributed by atoms with E-state index in [0.717, 1.165) is 5.56 Å². The average Bonchev–Trinajstić information content (AvgIpc) is 2.51. The van der Waals surface area contributed by atoms with Gasteiger partial charge in [-0.1, -0.05) is 42.0 Å². The van der Waals surface area contributed by atoms with Crippen LogP contribution in [-0.4, -0.2) is 23.9 Å². The van der Waals surface area contributed by atoms with E-state index in [1.54, 1.807) is 18.2 Å². The molecule has 22 heavy (non-hydrogen) atoms. The van der Waals surface area contributed by atoms with Crippen LogP contribution in [0.15, 0.2) is 48.5 Å². The van der Waals surface area contributed by atoms with Crippen LogP contribution in [0.3, 0.4) is 0 Å². The molecular formula is C18H21FN2O. The van der Waals surface area contributed by atoms with Crippen molar-refractivity contribution in [3.05, 3.63) is 65.5 Å². The summed E-state index contributed by atoms with van der Waals surface area (Å²) < 4.78 is 13.6. The molecule has 0 spiro atoms. The zero-order valence-electron chi connectivity index (χ0n) is 13.1. The molecule has 0 bridgehead atoms. The van der Waals surface area contributed by atoms with Gasteiger partial charge in [-0.2, -0.15) is 0 Å². The van der Waals surface area contributed by atoms with Crippen LogP contribution in [0.2, 0.25) is 0 Å². The van der Waals surface area contributed by atoms with E-state index in [-0.39, 0.29) is 17.6 Å². The molecule has 2 rings (SSSR count). The topological polar surface area (TPSA) is 32.3 Å². The maximum Gasteiger partial charge on any atom is 0.241 e. The highest BCUT2D eigenvalue weighted by Crippen LogP contribution is 2.14. The molecule has 0 aromatic heterocycles. The van der Waals surface area contributed by atoms with Crippen molar-refractivity contribution in [2.45, 2.75) is 26.4 Å². The summed E-state index contributed by atoms with van der Waals surface area (Å²) in [4.78, 5) is 14.2. The summed E-state index contributed by atoms with van der Waals surface area (Å²) in [6, 6.07) is 14.0. The highest BCUT2D eigenvalue weighted by Gasteiger charge is 2.19. The highest BCUT2D eigenvalue weighted by atomic mass is 19.1. The number of likely N-dealkylation sites (N-methyl/N-ethyl adjacent to an activating group) is 1. The highest BCUT2D eigenvalue weighted by molar-refractivity contribution is 5.94. The molecule has 0 saturated heterocycles. The lowest BCUT2D eigenvalue weighted by molar-refractivity contribution is -0.120. The number of anilines is 1. The van der Waals surface area contributed by atoms with Crippen molar-refractivity contribution >= 4 is 11.6 Å². The normalized spacial score (nSPS) is 12.2. The van der Waals surface area contributed by atoms with Gasteiger partial charge in [-0.3, -0.25) is 9.69 Å². The third kappa shape index (κ3) is 4.15. The zero-order chi connectivity index (χ0) is 16.1. The quantitative estimate of drug-likeness (QED) is 0.915. The Morgan fingerprint density at radius 2 is 1.82 bits per heavy atom. The monoisotopic (exact) mass is 300 g/mol. The first-order chi connectivity index (χ1) is 10.5. The lowest BCUT2D eigenvalue weighted by Gasteiger charge is -2.24. The van der Waals surface area contributed by atoms with Crippen LogP contribution < -0.4 is 5.32 Å². The van der Waals surface area contributed by atoms with Crippen molar-refractivity contribution in [1.82, 2.24) is 4.90 Å². The Bertz CT molecular complexity index is 640. The van der Waals surface area contributed by atoms with Gasteiger partial charge in [0.2, 0.25) is 5.91 Å². The van der Waals surface area contributed by atoms with Gasteiger partial charge in [-0.25, -0.2) is 4.39 Å². The third-order valence-corrected chi connectivity index (χ3v) is 3.72. The first kappa shape index (κ1) is 16.2. The fourth-order valence-corrected chi connectivity index (χ4v) is 2.12. The van der Waals surface area contributed by atoms with Gasteiger partial charge in [0.15, 0.2) is 0 Å². The summed E-state index contributed by atoms with van der Waals surface area (Å²) >= 11 is 0. The largest absolute Gasteiger partial charge is 0.322 e. The van der Waals surface area contributed by atoms with E-state index in [1.165, 1.54) is 11.6 Å². The van der Waals surface area contributed by atoms with E-state index in [9.17, 15) is 9.18 Å². The smallest absolute Gasteiger partial charge is 0.241 e. The number of halogens is 1. The first-order valence-corrected chi connectivity index (χ1v) is 7.28. The fraction of sp³-hybridized carbons (Fsp3) is 0.278. The Balaban J connectivity index is 1.97. The molecule has 0 aliphatic rings. The molecule has 0 aliphatic heterocycles. The number of nitrogens with zero attached hydrogens (tertiary/aromatic N) is 1. The maximum atomic E-state index is 13.6. The summed E-state index contributed by atoms with van der Waals surface area (Å²) in [5.41, 5.74) is 2.55. The number of carbonyl (C=O) groups excluding carboxylic acids is 1. The van der Waals surface area contributed by atoms with Crippen molar-refractivity contribution < 1.29 is 9.18 Å². The molecule has 4 heteroatoms. The molecule has 1 amide bonds. The summed E-state index contributed by atoms with van der Waals surface area (Å²) in [7, 11) is 1.88. The van der Waals surface area contributed by atoms with Crippen molar-refractivity contribution in [1.29, 1.82) is 0 Å². The number of hydrogen-bond donors (Lipinski definition) is 1. The molecule has 1 atom stereocenters. The molecule has 2 aromatic rings. The number of benzene rings is 2. The molecule has 0 aliphatic carbocycles. The molecule has 116 valence electrons. The van der Waals surface area contributed by atoms with Gasteiger partial charge < -0.3 is 5.32 Å². The van der Waals surface area contributed by atoms with E-state index in [0.29, 0.717) is 6.54 Å². The van der Waals surface area contributed by atoms with Crippen molar-refractivity contribution in [3.8, 4) is 0 Å². The molecular weight excluding hydrogens is 279 g/mol. The van der Waals surface area contributed by atoms with Crippen molar-refractivity contribution in [3.63, 3.8) is 0 Å². The first-order valence-electron chi connectivity index (χ1n) is 7.28. The lowest BCUT2D eigenvalue weighted by atomic mass is 10.1. The molecule has 0 fully saturated rings. The predicted molar refractivity (Wildman–Crippen MR) is 87.1 cm³/mol. The van der Waals surface area contributed by atoms with Gasteiger partial charge in [0.25, 0.3) is 0 Å². The van der Waals surface area contributed by atoms with Gasteiger partial charge in [0, 0.05) is 6.54 Å². The second-order valence-electron chi connectivity index (χ2n) is 5.55. The van der Waals surface area contributed by atoms with Gasteiger partial charge in [-0.15, -0.1) is 0 Å². The number of carbonyl (C=O) groups is 1. The Morgan fingerprint density at radius 1 is 1.18 bits per heavy atom. The summed E-state index contributed by atoms with van der Waals surface area (Å²) in [5, 5.41) is 2.63. The van der Waals surface area contributed by atoms with Crippen LogP contribution in [0.1, 0.15) is 18.1 Å². The second kappa shape index (κ2) is 7.18. The van der Waals surface area contributed by atoms with E-state index in [1.807, 2.05) is 50.1 Å². The van der Waals surface area contributed by atoms with E-state index >= 15 is 0 Å². The minimum Gasteiger partial charge on any atom is -0.322 e. The number of nitrogens with one attached hydrogen (secondary N) is 1. The molecule has 0 unspecified atom stereocenters. The number of rotatable bonds is 5. The Morgan fingerprint density at radius 3 is 2.45 bits per heavy atom. The van der Waals surface area contributed by atoms with Crippen LogP contribution in [0.4, 0.5) is 10.1 Å². The molecule has 0 radical (unpaired) electrons. The molecule has 0 heterocycles. The van der Waals surface area contributed by atoms with Gasteiger partial charge in [0.1, 0.15) is 5.82 Å². The maximum absolute atomic E-state index is 13.6. The van der Waals surface area contributed by atoms with Crippen LogP contribution in [0, 0.1) is 12.7 Å². The fourth-order valence-electron chi connectivity index (χ4n) is 2.12. The van der Waals surface area contributed by atoms with Crippen LogP contribution in [0.5, 0.6) is 0 Å². The molecule has 1 N–H and O–H groups in total. The van der Waals surface area contributed by atoms with E-state index in [2.05, 4.69) is 5.32 Å². The number of aryl methyl sites for hydroxylation is 1. The number of amides is 1. The SMILES string of the molecule is Cc1ccc(CN(C)[C@@H](C)C(=O)Nc2ccccc2F)cc1. The Hall–Kier alpha value is -2.20. The van der Waals surface area contributed by atoms with Gasteiger partial charge in [-0.05, 0) is 38.6 Å². The summed E-state index contributed by atoms with van der Waals surface area (Å²) in [6.07, 6.45) is 0. The molecule has 0 saturated carbocycles. The Labute approximate surface area is 130 Å². The lowest BCUT2D eigenvalue weighted by Crippen LogP contribution is -2.39. The number of hydrogen-bond acceptors (Lipinski definition) is 2. The minimum atomic E-state index is -0.427. The van der Waals surface area contributed by atoms with E-state index in [4.69, 9.17) is 0 Å². The molecule has 2 aromatic carbocycles.